The van der Waals surface area contributed by atoms with E-state index >= 15 is 0 Å². The van der Waals surface area contributed by atoms with Crippen LogP contribution in [0.4, 0.5) is 23.2 Å². The summed E-state index contributed by atoms with van der Waals surface area (Å²) >= 11 is 0. The lowest BCUT2D eigenvalue weighted by atomic mass is 10.2. The average molecular weight is 239 g/mol. The lowest BCUT2D eigenvalue weighted by molar-refractivity contribution is -0.137. The molecule has 1 aromatic rings. The van der Waals surface area contributed by atoms with Gasteiger partial charge in [0.25, 0.3) is 0 Å². The van der Waals surface area contributed by atoms with Gasteiger partial charge in [0.2, 0.25) is 0 Å². The van der Waals surface area contributed by atoms with Gasteiger partial charge in [0, 0.05) is 0 Å². The van der Waals surface area contributed by atoms with Gasteiger partial charge >= 0.3 is 5.97 Å². The van der Waals surface area contributed by atoms with Gasteiger partial charge in [0.1, 0.15) is 5.69 Å². The van der Waals surface area contributed by atoms with Crippen LogP contribution in [0, 0.1) is 24.4 Å². The summed E-state index contributed by atoms with van der Waals surface area (Å²) in [7, 11) is 0. The average Bonchev–Trinajstić information content (AvgIpc) is 2.24. The van der Waals surface area contributed by atoms with Gasteiger partial charge in [-0.15, -0.1) is 0 Å². The number of hydrogen-bond acceptors (Lipinski definition) is 2. The first-order chi connectivity index (χ1) is 7.31. The normalized spacial score (nSPS) is 9.31. The van der Waals surface area contributed by atoms with Crippen molar-refractivity contribution in [1.29, 1.82) is 0 Å². The Morgan fingerprint density at radius 1 is 1.38 bits per heavy atom. The standard InChI is InChI=1S/C7H6F3N.C2H3FO2/c1-3-2-4(8)6(10)7(11)5(3)9;3-1-2(4)5/h2H,11H2,1H3;1H2,(H,4,5). The number of nitrogen functional groups attached to an aromatic ring is 1. The molecule has 0 heterocycles. The second kappa shape index (κ2) is 5.94. The fourth-order valence-corrected chi connectivity index (χ4v) is 0.754. The SMILES string of the molecule is Cc1cc(F)c(F)c(N)c1F.O=C(O)CF. The smallest absolute Gasteiger partial charge is 0.335 e. The molecule has 0 amide bonds. The topological polar surface area (TPSA) is 63.3 Å². The number of carbonyl (C=O) groups is 1. The molecule has 90 valence electrons. The molecule has 7 heteroatoms. The molecule has 0 saturated carbocycles. The lowest BCUT2D eigenvalue weighted by Gasteiger charge is -2.01. The van der Waals surface area contributed by atoms with Crippen molar-refractivity contribution < 1.29 is 27.5 Å². The predicted octanol–water partition coefficient (Wildman–Crippen LogP) is 2.04. The number of nitrogens with two attached hydrogens (primary N) is 1. The Bertz CT molecular complexity index is 369. The monoisotopic (exact) mass is 239 g/mol. The molecule has 0 radical (unpaired) electrons. The summed E-state index contributed by atoms with van der Waals surface area (Å²) in [5, 5.41) is 7.35. The van der Waals surface area contributed by atoms with Gasteiger partial charge in [-0.25, -0.2) is 22.4 Å². The highest BCUT2D eigenvalue weighted by Crippen LogP contribution is 2.20. The number of alkyl halides is 1. The summed E-state index contributed by atoms with van der Waals surface area (Å²) < 4.78 is 48.0. The number of hydrogen-bond donors (Lipinski definition) is 2. The number of aryl methyl sites for hydroxylation is 1. The Morgan fingerprint density at radius 2 is 1.81 bits per heavy atom. The van der Waals surface area contributed by atoms with Crippen molar-refractivity contribution in [3.05, 3.63) is 29.1 Å². The van der Waals surface area contributed by atoms with Crippen LogP contribution in [0.2, 0.25) is 0 Å². The van der Waals surface area contributed by atoms with Gasteiger partial charge < -0.3 is 10.8 Å². The molecule has 0 aliphatic carbocycles. The van der Waals surface area contributed by atoms with E-state index in [2.05, 4.69) is 0 Å². The maximum absolute atomic E-state index is 12.6. The zero-order valence-electron chi connectivity index (χ0n) is 8.23. The van der Waals surface area contributed by atoms with Gasteiger partial charge in [0.15, 0.2) is 24.1 Å². The summed E-state index contributed by atoms with van der Waals surface area (Å²) in [5.74, 6) is -4.76. The van der Waals surface area contributed by atoms with E-state index in [4.69, 9.17) is 15.6 Å². The minimum atomic E-state index is -1.41. The van der Waals surface area contributed by atoms with Crippen molar-refractivity contribution >= 4 is 11.7 Å². The Labute approximate surface area is 88.5 Å². The van der Waals surface area contributed by atoms with Crippen molar-refractivity contribution in [1.82, 2.24) is 0 Å². The minimum absolute atomic E-state index is 0.00130. The van der Waals surface area contributed by atoms with Crippen LogP contribution in [0.25, 0.3) is 0 Å². The molecule has 0 bridgehead atoms. The fourth-order valence-electron chi connectivity index (χ4n) is 0.754. The van der Waals surface area contributed by atoms with Crippen LogP contribution >= 0.6 is 0 Å². The van der Waals surface area contributed by atoms with Gasteiger partial charge in [-0.1, -0.05) is 0 Å². The molecule has 0 fully saturated rings. The number of carboxylic acids is 1. The van der Waals surface area contributed by atoms with Crippen molar-refractivity contribution in [3.63, 3.8) is 0 Å². The van der Waals surface area contributed by atoms with Crippen molar-refractivity contribution in [2.24, 2.45) is 0 Å². The first-order valence-electron chi connectivity index (χ1n) is 3.98. The second-order valence-corrected chi connectivity index (χ2v) is 2.74. The van der Waals surface area contributed by atoms with Crippen LogP contribution in [-0.2, 0) is 4.79 Å². The van der Waals surface area contributed by atoms with Gasteiger partial charge in [-0.2, -0.15) is 0 Å². The maximum atomic E-state index is 12.6. The Morgan fingerprint density at radius 3 is 2.19 bits per heavy atom. The lowest BCUT2D eigenvalue weighted by Crippen LogP contribution is -2.00. The Hall–Kier alpha value is -1.79. The fraction of sp³-hybridized carbons (Fsp3) is 0.222. The van der Waals surface area contributed by atoms with Gasteiger partial charge in [0.05, 0.1) is 0 Å². The van der Waals surface area contributed by atoms with Crippen LogP contribution in [0.5, 0.6) is 0 Å². The van der Waals surface area contributed by atoms with Crippen LogP contribution in [0.3, 0.4) is 0 Å². The molecule has 0 atom stereocenters. The number of aliphatic carboxylic acids is 1. The molecular weight excluding hydrogens is 230 g/mol. The molecule has 3 nitrogen and oxygen atoms in total. The molecular formula is C9H9F4NO2. The second-order valence-electron chi connectivity index (χ2n) is 2.74. The summed E-state index contributed by atoms with van der Waals surface area (Å²) in [6.07, 6.45) is 0. The highest BCUT2D eigenvalue weighted by Gasteiger charge is 2.12. The van der Waals surface area contributed by atoms with E-state index in [1.165, 1.54) is 6.92 Å². The molecule has 0 unspecified atom stereocenters. The van der Waals surface area contributed by atoms with E-state index < -0.39 is 35.8 Å². The van der Waals surface area contributed by atoms with E-state index in [1.807, 2.05) is 0 Å². The van der Waals surface area contributed by atoms with E-state index in [1.54, 1.807) is 0 Å². The molecule has 1 rings (SSSR count). The van der Waals surface area contributed by atoms with Crippen molar-refractivity contribution in [2.75, 3.05) is 12.4 Å². The van der Waals surface area contributed by atoms with E-state index in [0.29, 0.717) is 0 Å². The van der Waals surface area contributed by atoms with Crippen molar-refractivity contribution in [2.45, 2.75) is 6.92 Å². The van der Waals surface area contributed by atoms with Gasteiger partial charge in [-0.05, 0) is 18.6 Å². The van der Waals surface area contributed by atoms with Crippen LogP contribution in [0.15, 0.2) is 6.07 Å². The summed E-state index contributed by atoms with van der Waals surface area (Å²) in [5.41, 5.74) is 4.13. The number of anilines is 1. The summed E-state index contributed by atoms with van der Waals surface area (Å²) in [4.78, 5) is 8.99. The molecule has 0 aliphatic rings. The van der Waals surface area contributed by atoms with E-state index in [9.17, 15) is 17.6 Å². The number of rotatable bonds is 1. The minimum Gasteiger partial charge on any atom is -0.479 e. The van der Waals surface area contributed by atoms with Crippen LogP contribution in [0.1, 0.15) is 5.56 Å². The quantitative estimate of drug-likeness (QED) is 0.447. The van der Waals surface area contributed by atoms with Gasteiger partial charge in [-0.3, -0.25) is 0 Å². The Kier molecular flexibility index (Phi) is 5.27. The number of carboxylic acid groups (broad SMARTS) is 1. The third-order valence-corrected chi connectivity index (χ3v) is 1.49. The number of halogens is 4. The van der Waals surface area contributed by atoms with Crippen molar-refractivity contribution in [3.8, 4) is 0 Å². The van der Waals surface area contributed by atoms with E-state index in [0.717, 1.165) is 6.07 Å². The molecule has 0 saturated heterocycles. The summed E-state index contributed by atoms with van der Waals surface area (Å²) in [6.45, 7) is 0.0359. The number of benzene rings is 1. The molecule has 16 heavy (non-hydrogen) atoms. The maximum Gasteiger partial charge on any atom is 0.335 e. The van der Waals surface area contributed by atoms with Crippen LogP contribution in [-0.4, -0.2) is 17.8 Å². The zero-order valence-corrected chi connectivity index (χ0v) is 8.23. The first kappa shape index (κ1) is 14.2. The summed E-state index contributed by atoms with van der Waals surface area (Å²) in [6, 6.07) is 0.765. The molecule has 0 aliphatic heterocycles. The predicted molar refractivity (Wildman–Crippen MR) is 49.1 cm³/mol. The highest BCUT2D eigenvalue weighted by atomic mass is 19.2. The molecule has 1 aromatic carbocycles. The largest absolute Gasteiger partial charge is 0.479 e. The zero-order chi connectivity index (χ0) is 12.9. The third kappa shape index (κ3) is 3.76. The first-order valence-corrected chi connectivity index (χ1v) is 3.98. The Balaban J connectivity index is 0.000000385. The highest BCUT2D eigenvalue weighted by molar-refractivity contribution is 5.67. The molecule has 0 aromatic heterocycles. The molecule has 3 N–H and O–H groups in total. The third-order valence-electron chi connectivity index (χ3n) is 1.49. The van der Waals surface area contributed by atoms with E-state index in [-0.39, 0.29) is 5.56 Å². The van der Waals surface area contributed by atoms with Crippen LogP contribution < -0.4 is 5.73 Å². The molecule has 0 spiro atoms.